The van der Waals surface area contributed by atoms with Crippen LogP contribution in [0.4, 0.5) is 0 Å². The van der Waals surface area contributed by atoms with Gasteiger partial charge in [0.05, 0.1) is 0 Å². The molecular weight excluding hydrogens is 168 g/mol. The van der Waals surface area contributed by atoms with Crippen LogP contribution in [-0.4, -0.2) is 0 Å². The number of hydrogen-bond donors (Lipinski definition) is 0. The molecule has 0 N–H and O–H groups in total. The van der Waals surface area contributed by atoms with E-state index in [2.05, 4.69) is 6.08 Å². The average Bonchev–Trinajstić information content (AvgIpc) is 2.96. The molecule has 5 atom stereocenters. The van der Waals surface area contributed by atoms with Crippen molar-refractivity contribution in [2.75, 3.05) is 0 Å². The zero-order valence-electron chi connectivity index (χ0n) is 8.91. The summed E-state index contributed by atoms with van der Waals surface area (Å²) < 4.78 is 0. The van der Waals surface area contributed by atoms with Crippen molar-refractivity contribution in [1.82, 2.24) is 0 Å². The highest BCUT2D eigenvalue weighted by molar-refractivity contribution is 5.24. The molecule has 0 aliphatic heterocycles. The van der Waals surface area contributed by atoms with Gasteiger partial charge in [-0.25, -0.2) is 0 Å². The molecule has 0 aromatic heterocycles. The van der Waals surface area contributed by atoms with Crippen molar-refractivity contribution in [3.8, 4) is 0 Å². The lowest BCUT2D eigenvalue weighted by Crippen LogP contribution is -2.16. The van der Waals surface area contributed by atoms with E-state index in [0.29, 0.717) is 0 Å². The minimum atomic E-state index is 1.01. The summed E-state index contributed by atoms with van der Waals surface area (Å²) >= 11 is 0. The predicted molar refractivity (Wildman–Crippen MR) is 57.9 cm³/mol. The monoisotopic (exact) mass is 188 g/mol. The van der Waals surface area contributed by atoms with Crippen LogP contribution in [0, 0.1) is 29.6 Å². The average molecular weight is 188 g/mol. The van der Waals surface area contributed by atoms with Gasteiger partial charge in [0.15, 0.2) is 0 Å². The lowest BCUT2D eigenvalue weighted by molar-refractivity contribution is 0.352. The summed E-state index contributed by atoms with van der Waals surface area (Å²) in [6.07, 6.45) is 13.5. The van der Waals surface area contributed by atoms with E-state index in [0.717, 1.165) is 29.6 Å². The van der Waals surface area contributed by atoms with Crippen molar-refractivity contribution in [3.05, 3.63) is 11.6 Å². The third kappa shape index (κ3) is 0.951. The van der Waals surface area contributed by atoms with Crippen LogP contribution in [-0.2, 0) is 0 Å². The van der Waals surface area contributed by atoms with Crippen LogP contribution in [0.3, 0.4) is 0 Å². The van der Waals surface area contributed by atoms with Crippen molar-refractivity contribution in [2.45, 2.75) is 44.9 Å². The van der Waals surface area contributed by atoms with Gasteiger partial charge in [0.2, 0.25) is 0 Å². The lowest BCUT2D eigenvalue weighted by atomic mass is 9.78. The van der Waals surface area contributed by atoms with Crippen molar-refractivity contribution in [1.29, 1.82) is 0 Å². The van der Waals surface area contributed by atoms with E-state index < -0.39 is 0 Å². The predicted octanol–water partition coefficient (Wildman–Crippen LogP) is 3.78. The summed E-state index contributed by atoms with van der Waals surface area (Å²) in [5.74, 6) is 5.36. The molecule has 3 saturated carbocycles. The second-order valence-electron chi connectivity index (χ2n) is 6.22. The second-order valence-corrected chi connectivity index (χ2v) is 6.22. The zero-order valence-corrected chi connectivity index (χ0v) is 8.91. The molecule has 1 unspecified atom stereocenters. The Kier molecular flexibility index (Phi) is 1.51. The van der Waals surface area contributed by atoms with E-state index in [9.17, 15) is 0 Å². The maximum absolute atomic E-state index is 2.69. The number of rotatable bonds is 1. The fourth-order valence-electron chi connectivity index (χ4n) is 4.96. The molecule has 4 aliphatic rings. The number of hydrogen-bond acceptors (Lipinski definition) is 0. The summed E-state index contributed by atoms with van der Waals surface area (Å²) in [5.41, 5.74) is 1.94. The summed E-state index contributed by atoms with van der Waals surface area (Å²) in [6.45, 7) is 0. The summed E-state index contributed by atoms with van der Waals surface area (Å²) in [5, 5.41) is 0. The Morgan fingerprint density at radius 3 is 2.50 bits per heavy atom. The molecule has 0 radical (unpaired) electrons. The smallest absolute Gasteiger partial charge is 0.0169 e. The normalized spacial score (nSPS) is 54.3. The van der Waals surface area contributed by atoms with E-state index >= 15 is 0 Å². The summed E-state index contributed by atoms with van der Waals surface area (Å²) in [7, 11) is 0. The maximum Gasteiger partial charge on any atom is -0.0169 e. The molecule has 3 fully saturated rings. The highest BCUT2D eigenvalue weighted by Gasteiger charge is 2.45. The summed E-state index contributed by atoms with van der Waals surface area (Å²) in [4.78, 5) is 0. The van der Waals surface area contributed by atoms with E-state index in [1.165, 1.54) is 19.3 Å². The fourth-order valence-corrected chi connectivity index (χ4v) is 4.96. The zero-order chi connectivity index (χ0) is 9.12. The Labute approximate surface area is 86.8 Å². The molecule has 0 aromatic rings. The van der Waals surface area contributed by atoms with E-state index in [1.54, 1.807) is 25.7 Å². The quantitative estimate of drug-likeness (QED) is 0.549. The van der Waals surface area contributed by atoms with Crippen LogP contribution >= 0.6 is 0 Å². The van der Waals surface area contributed by atoms with Crippen molar-refractivity contribution < 1.29 is 0 Å². The van der Waals surface area contributed by atoms with Crippen molar-refractivity contribution >= 4 is 0 Å². The van der Waals surface area contributed by atoms with Crippen LogP contribution in [0.2, 0.25) is 0 Å². The fraction of sp³-hybridized carbons (Fsp3) is 0.857. The number of allylic oxidation sites excluding steroid dienone is 2. The minimum Gasteiger partial charge on any atom is -0.0816 e. The van der Waals surface area contributed by atoms with Crippen molar-refractivity contribution in [2.24, 2.45) is 29.6 Å². The molecule has 0 saturated heterocycles. The first-order valence-electron chi connectivity index (χ1n) is 6.62. The molecule has 76 valence electrons. The lowest BCUT2D eigenvalue weighted by Gasteiger charge is -2.27. The summed E-state index contributed by atoms with van der Waals surface area (Å²) in [6, 6.07) is 0. The van der Waals surface area contributed by atoms with E-state index in [-0.39, 0.29) is 0 Å². The molecule has 0 amide bonds. The molecule has 0 spiro atoms. The van der Waals surface area contributed by atoms with Gasteiger partial charge < -0.3 is 0 Å². The molecule has 0 heterocycles. The van der Waals surface area contributed by atoms with Crippen LogP contribution in [0.1, 0.15) is 44.9 Å². The molecule has 0 nitrogen and oxygen atoms in total. The molecule has 14 heavy (non-hydrogen) atoms. The van der Waals surface area contributed by atoms with E-state index in [4.69, 9.17) is 0 Å². The van der Waals surface area contributed by atoms with Gasteiger partial charge in [0.25, 0.3) is 0 Å². The standard InChI is InChI=1S/C14H20/c1-3-11-5-9(1)7-13(11)14-8-10-2-4-12(14)6-10/h7,9-12,14H,1-6,8H2/t9-,10+,11+,12-,14?/m1/s1. The third-order valence-electron chi connectivity index (χ3n) is 5.54. The molecule has 4 rings (SSSR count). The Morgan fingerprint density at radius 2 is 1.93 bits per heavy atom. The largest absolute Gasteiger partial charge is 0.0816 e. The van der Waals surface area contributed by atoms with Crippen LogP contribution in [0.15, 0.2) is 11.6 Å². The van der Waals surface area contributed by atoms with Gasteiger partial charge in [-0.05, 0) is 68.1 Å². The molecule has 0 aromatic carbocycles. The molecule has 4 aliphatic carbocycles. The van der Waals surface area contributed by atoms with Gasteiger partial charge in [-0.15, -0.1) is 0 Å². The minimum absolute atomic E-state index is 1.01. The van der Waals surface area contributed by atoms with Crippen LogP contribution in [0.25, 0.3) is 0 Å². The molecular formula is C14H20. The Balaban J connectivity index is 1.62. The Bertz CT molecular complexity index is 288. The first-order chi connectivity index (χ1) is 6.90. The third-order valence-corrected chi connectivity index (χ3v) is 5.54. The molecule has 4 bridgehead atoms. The Hall–Kier alpha value is -0.260. The maximum atomic E-state index is 2.69. The first-order valence-corrected chi connectivity index (χ1v) is 6.62. The van der Waals surface area contributed by atoms with Crippen LogP contribution < -0.4 is 0 Å². The highest BCUT2D eigenvalue weighted by Crippen LogP contribution is 2.57. The topological polar surface area (TPSA) is 0 Å². The second kappa shape index (κ2) is 2.65. The van der Waals surface area contributed by atoms with Gasteiger partial charge in [-0.3, -0.25) is 0 Å². The molecule has 0 heteroatoms. The number of fused-ring (bicyclic) bond motifs is 4. The van der Waals surface area contributed by atoms with Crippen molar-refractivity contribution in [3.63, 3.8) is 0 Å². The first kappa shape index (κ1) is 7.96. The Morgan fingerprint density at radius 1 is 0.929 bits per heavy atom. The van der Waals surface area contributed by atoms with Gasteiger partial charge in [-0.1, -0.05) is 18.1 Å². The van der Waals surface area contributed by atoms with Gasteiger partial charge >= 0.3 is 0 Å². The van der Waals surface area contributed by atoms with Crippen LogP contribution in [0.5, 0.6) is 0 Å². The SMILES string of the molecule is C1=C(C2C[C@H]3CC[C@@H]2C3)[C@H]2CC[C@@H]1C2. The highest BCUT2D eigenvalue weighted by atomic mass is 14.5. The van der Waals surface area contributed by atoms with Gasteiger partial charge in [0, 0.05) is 0 Å². The van der Waals surface area contributed by atoms with Gasteiger partial charge in [-0.2, -0.15) is 0 Å². The van der Waals surface area contributed by atoms with Gasteiger partial charge in [0.1, 0.15) is 0 Å². The van der Waals surface area contributed by atoms with E-state index in [1.807, 2.05) is 5.57 Å².